The monoisotopic (exact) mass is 207 g/mol. The number of carboxylic acid groups (broad SMARTS) is 1. The quantitative estimate of drug-likeness (QED) is 0.704. The van der Waals surface area contributed by atoms with Crippen LogP contribution in [0.3, 0.4) is 0 Å². The third-order valence-corrected chi connectivity index (χ3v) is 2.30. The van der Waals surface area contributed by atoms with Crippen LogP contribution >= 0.6 is 12.4 Å². The molecule has 13 heavy (non-hydrogen) atoms. The Bertz CT molecular complexity index is 180. The van der Waals surface area contributed by atoms with Crippen molar-refractivity contribution in [2.45, 2.75) is 38.1 Å². The van der Waals surface area contributed by atoms with E-state index in [-0.39, 0.29) is 18.4 Å². The second-order valence-electron chi connectivity index (χ2n) is 3.09. The van der Waals surface area contributed by atoms with Crippen LogP contribution in [0.25, 0.3) is 0 Å². The highest BCUT2D eigenvalue weighted by Crippen LogP contribution is 2.21. The number of hydrogen-bond acceptors (Lipinski definition) is 2. The predicted octanol–water partition coefficient (Wildman–Crippen LogP) is 1.88. The van der Waals surface area contributed by atoms with Crippen LogP contribution < -0.4 is 0 Å². The minimum atomic E-state index is -1.13. The fourth-order valence-electron chi connectivity index (χ4n) is 1.65. The summed E-state index contributed by atoms with van der Waals surface area (Å²) in [4.78, 5) is 21.8. The van der Waals surface area contributed by atoms with Crippen molar-refractivity contribution in [3.63, 3.8) is 0 Å². The van der Waals surface area contributed by atoms with Gasteiger partial charge in [-0.3, -0.25) is 4.79 Å². The molecule has 4 nitrogen and oxygen atoms in total. The number of hydrogen-bond donors (Lipinski definition) is 1. The summed E-state index contributed by atoms with van der Waals surface area (Å²) in [6, 6.07) is -0.0752. The van der Waals surface area contributed by atoms with E-state index in [1.165, 1.54) is 0 Å². The summed E-state index contributed by atoms with van der Waals surface area (Å²) in [5, 5.41) is 8.62. The molecule has 0 spiro atoms. The van der Waals surface area contributed by atoms with Gasteiger partial charge in [-0.05, 0) is 12.8 Å². The molecule has 1 aliphatic rings. The van der Waals surface area contributed by atoms with E-state index >= 15 is 0 Å². The van der Waals surface area contributed by atoms with Gasteiger partial charge in [0.05, 0.1) is 0 Å². The molecular weight excluding hydrogens is 194 g/mol. The van der Waals surface area contributed by atoms with E-state index < -0.39 is 6.09 Å². The van der Waals surface area contributed by atoms with Crippen LogP contribution in [-0.2, 0) is 4.79 Å². The van der Waals surface area contributed by atoms with Crippen molar-refractivity contribution in [2.24, 2.45) is 0 Å². The second kappa shape index (κ2) is 5.80. The summed E-state index contributed by atoms with van der Waals surface area (Å²) in [5.74, 6) is 0. The highest BCUT2D eigenvalue weighted by molar-refractivity contribution is 5.85. The van der Waals surface area contributed by atoms with Crippen LogP contribution in [0.5, 0.6) is 0 Å². The Hall–Kier alpha value is -0.770. The van der Waals surface area contributed by atoms with Crippen molar-refractivity contribution in [3.05, 3.63) is 0 Å². The number of nitrogens with zero attached hydrogens (tertiary/aromatic N) is 1. The zero-order chi connectivity index (χ0) is 8.97. The van der Waals surface area contributed by atoms with Crippen molar-refractivity contribution in [3.8, 4) is 0 Å². The first-order chi connectivity index (χ1) is 5.75. The van der Waals surface area contributed by atoms with E-state index in [2.05, 4.69) is 0 Å². The van der Waals surface area contributed by atoms with Gasteiger partial charge in [0.1, 0.15) is 0 Å². The molecule has 0 aromatic carbocycles. The maximum absolute atomic E-state index is 10.5. The van der Waals surface area contributed by atoms with Gasteiger partial charge in [-0.2, -0.15) is 0 Å². The molecule has 0 aromatic heterocycles. The van der Waals surface area contributed by atoms with E-state index in [9.17, 15) is 9.59 Å². The van der Waals surface area contributed by atoms with Crippen LogP contribution in [0.1, 0.15) is 32.1 Å². The largest absolute Gasteiger partial charge is 0.465 e. The fourth-order valence-corrected chi connectivity index (χ4v) is 1.65. The Labute approximate surface area is 83.3 Å². The standard InChI is InChI=1S/C8H13NO3.ClH/c10-6-9(8(11)12)7-4-2-1-3-5-7;/h6-7H,1-5H2,(H,11,12);1H. The zero-order valence-corrected chi connectivity index (χ0v) is 8.13. The van der Waals surface area contributed by atoms with Crippen LogP contribution in [-0.4, -0.2) is 28.6 Å². The van der Waals surface area contributed by atoms with Gasteiger partial charge < -0.3 is 5.11 Å². The molecule has 1 aliphatic carbocycles. The Morgan fingerprint density at radius 2 is 1.85 bits per heavy atom. The first kappa shape index (κ1) is 12.2. The number of carbonyl (C=O) groups is 2. The average Bonchev–Trinajstić information content (AvgIpc) is 2.07. The minimum absolute atomic E-state index is 0. The SMILES string of the molecule is Cl.O=CN(C(=O)O)C1CCCCC1. The highest BCUT2D eigenvalue weighted by atomic mass is 35.5. The van der Waals surface area contributed by atoms with Gasteiger partial charge in [-0.15, -0.1) is 12.4 Å². The molecule has 1 N–H and O–H groups in total. The number of amides is 2. The number of imide groups is 1. The molecule has 0 atom stereocenters. The van der Waals surface area contributed by atoms with Crippen molar-refractivity contribution < 1.29 is 14.7 Å². The van der Waals surface area contributed by atoms with Gasteiger partial charge >= 0.3 is 6.09 Å². The first-order valence-electron chi connectivity index (χ1n) is 4.22. The van der Waals surface area contributed by atoms with Crippen LogP contribution in [0.4, 0.5) is 4.79 Å². The number of carbonyl (C=O) groups excluding carboxylic acids is 1. The van der Waals surface area contributed by atoms with Crippen LogP contribution in [0.15, 0.2) is 0 Å². The third kappa shape index (κ3) is 3.22. The topological polar surface area (TPSA) is 57.6 Å². The van der Waals surface area contributed by atoms with Crippen molar-refractivity contribution in [2.75, 3.05) is 0 Å². The zero-order valence-electron chi connectivity index (χ0n) is 7.31. The molecule has 0 aliphatic heterocycles. The van der Waals surface area contributed by atoms with Gasteiger partial charge in [-0.1, -0.05) is 19.3 Å². The van der Waals surface area contributed by atoms with Crippen LogP contribution in [0, 0.1) is 0 Å². The molecule has 5 heteroatoms. The summed E-state index contributed by atoms with van der Waals surface area (Å²) in [7, 11) is 0. The summed E-state index contributed by atoms with van der Waals surface area (Å²) < 4.78 is 0. The molecular formula is C8H14ClNO3. The third-order valence-electron chi connectivity index (χ3n) is 2.30. The lowest BCUT2D eigenvalue weighted by molar-refractivity contribution is -0.118. The van der Waals surface area contributed by atoms with E-state index in [0.29, 0.717) is 6.41 Å². The number of halogens is 1. The molecule has 0 radical (unpaired) electrons. The maximum atomic E-state index is 10.5. The normalized spacial score (nSPS) is 17.2. The Kier molecular flexibility index (Phi) is 5.46. The van der Waals surface area contributed by atoms with E-state index in [1.54, 1.807) is 0 Å². The molecule has 0 heterocycles. The number of rotatable bonds is 2. The average molecular weight is 208 g/mol. The van der Waals surface area contributed by atoms with Gasteiger partial charge in [-0.25, -0.2) is 9.69 Å². The molecule has 1 fully saturated rings. The molecule has 0 saturated heterocycles. The van der Waals surface area contributed by atoms with Gasteiger partial charge in [0.2, 0.25) is 6.41 Å². The lowest BCUT2D eigenvalue weighted by atomic mass is 9.95. The summed E-state index contributed by atoms with van der Waals surface area (Å²) in [5.41, 5.74) is 0. The Morgan fingerprint density at radius 1 is 1.31 bits per heavy atom. The summed E-state index contributed by atoms with van der Waals surface area (Å²) >= 11 is 0. The van der Waals surface area contributed by atoms with Crippen molar-refractivity contribution in [1.82, 2.24) is 4.90 Å². The fraction of sp³-hybridized carbons (Fsp3) is 0.750. The van der Waals surface area contributed by atoms with Gasteiger partial charge in [0.15, 0.2) is 0 Å². The lowest BCUT2D eigenvalue weighted by Crippen LogP contribution is -2.39. The molecule has 0 unspecified atom stereocenters. The van der Waals surface area contributed by atoms with E-state index in [1.807, 2.05) is 0 Å². The van der Waals surface area contributed by atoms with Gasteiger partial charge in [0.25, 0.3) is 0 Å². The summed E-state index contributed by atoms with van der Waals surface area (Å²) in [6.07, 6.45) is 4.15. The highest BCUT2D eigenvalue weighted by Gasteiger charge is 2.24. The Balaban J connectivity index is 0.00000144. The predicted molar refractivity (Wildman–Crippen MR) is 50.0 cm³/mol. The first-order valence-corrected chi connectivity index (χ1v) is 4.22. The summed E-state index contributed by atoms with van der Waals surface area (Å²) in [6.45, 7) is 0. The molecule has 0 aromatic rings. The van der Waals surface area contributed by atoms with Gasteiger partial charge in [0, 0.05) is 6.04 Å². The van der Waals surface area contributed by atoms with Crippen LogP contribution in [0.2, 0.25) is 0 Å². The molecule has 1 saturated carbocycles. The van der Waals surface area contributed by atoms with Crippen molar-refractivity contribution >= 4 is 24.9 Å². The Morgan fingerprint density at radius 3 is 2.23 bits per heavy atom. The maximum Gasteiger partial charge on any atom is 0.414 e. The molecule has 76 valence electrons. The van der Waals surface area contributed by atoms with E-state index in [0.717, 1.165) is 37.0 Å². The van der Waals surface area contributed by atoms with Crippen molar-refractivity contribution in [1.29, 1.82) is 0 Å². The lowest BCUT2D eigenvalue weighted by Gasteiger charge is -2.27. The molecule has 1 rings (SSSR count). The molecule has 2 amide bonds. The smallest absolute Gasteiger partial charge is 0.414 e. The minimum Gasteiger partial charge on any atom is -0.465 e. The van der Waals surface area contributed by atoms with E-state index in [4.69, 9.17) is 5.11 Å². The second-order valence-corrected chi connectivity index (χ2v) is 3.09. The molecule has 0 bridgehead atoms.